The largest absolute Gasteiger partial charge is 0.490 e. The fourth-order valence-corrected chi connectivity index (χ4v) is 5.65. The number of fused-ring (bicyclic) bond motifs is 1. The van der Waals surface area contributed by atoms with Gasteiger partial charge >= 0.3 is 23.5 Å². The Bertz CT molecular complexity index is 1110. The van der Waals surface area contributed by atoms with Crippen LogP contribution in [0, 0.1) is 0 Å². The summed E-state index contributed by atoms with van der Waals surface area (Å²) in [6.07, 6.45) is -3.69. The molecule has 3 unspecified atom stereocenters. The number of rotatable bonds is 8. The molecule has 3 heterocycles. The normalized spacial score (nSPS) is 27.6. The molecule has 2 radical (unpaired) electrons. The summed E-state index contributed by atoms with van der Waals surface area (Å²) in [5.74, 6) is 0.0426. The Morgan fingerprint density at radius 3 is 2.31 bits per heavy atom. The van der Waals surface area contributed by atoms with Gasteiger partial charge in [-0.25, -0.2) is 28.6 Å². The van der Waals surface area contributed by atoms with Gasteiger partial charge in [-0.2, -0.15) is 8.62 Å². The van der Waals surface area contributed by atoms with E-state index in [1.165, 1.54) is 10.9 Å². The number of hydrogen-bond donors (Lipinski definition) is 7. The molecule has 0 aliphatic carbocycles. The van der Waals surface area contributed by atoms with Crippen LogP contribution >= 0.6 is 23.5 Å². The zero-order valence-corrected chi connectivity index (χ0v) is 19.7. The van der Waals surface area contributed by atoms with E-state index in [1.807, 2.05) is 0 Å². The number of nitrogens with two attached hydrogens (primary N) is 1. The second kappa shape index (κ2) is 9.95. The Labute approximate surface area is 193 Å². The van der Waals surface area contributed by atoms with Gasteiger partial charge in [0.25, 0.3) is 0 Å². The molecule has 1 aliphatic rings. The van der Waals surface area contributed by atoms with Crippen LogP contribution in [0.5, 0.6) is 0 Å². The van der Waals surface area contributed by atoms with E-state index in [-0.39, 0.29) is 40.0 Å². The first-order chi connectivity index (χ1) is 14.2. The van der Waals surface area contributed by atoms with E-state index >= 15 is 0 Å². The predicted octanol–water partition coefficient (Wildman–Crippen LogP) is -2.01. The number of imidazole rings is 1. The lowest BCUT2D eigenvalue weighted by Crippen LogP contribution is -2.33. The number of aliphatic hydroxyl groups is 2. The van der Waals surface area contributed by atoms with Gasteiger partial charge in [-0.1, -0.05) is 0 Å². The Kier molecular flexibility index (Phi) is 8.60. The van der Waals surface area contributed by atoms with Crippen molar-refractivity contribution >= 4 is 63.5 Å². The molecule has 176 valence electrons. The second-order valence-corrected chi connectivity index (χ2v) is 10.4. The molecule has 0 saturated carbocycles. The average Bonchev–Trinajstić information content (AvgIpc) is 3.13. The lowest BCUT2D eigenvalue weighted by Gasteiger charge is -2.19. The highest BCUT2D eigenvalue weighted by molar-refractivity contribution is 7.66. The molecule has 18 nitrogen and oxygen atoms in total. The minimum atomic E-state index is -5.70. The summed E-state index contributed by atoms with van der Waals surface area (Å²) < 4.78 is 51.9. The Hall–Kier alpha value is -0.594. The van der Waals surface area contributed by atoms with Crippen molar-refractivity contribution in [2.75, 3.05) is 12.3 Å². The number of nitrogens with zero attached hydrogens (tertiary/aromatic N) is 4. The van der Waals surface area contributed by atoms with Gasteiger partial charge in [-0.3, -0.25) is 9.09 Å². The molecule has 0 bridgehead atoms. The maximum absolute atomic E-state index is 11.8. The van der Waals surface area contributed by atoms with Gasteiger partial charge in [0.2, 0.25) is 0 Å². The van der Waals surface area contributed by atoms with E-state index in [9.17, 15) is 28.8 Å². The number of phosphoric ester groups is 1. The standard InChI is InChI=1S/C10H16N5O13P3.Mg/c11-8-5-9(13-2-12-8)15(3-14-5)10-7(17)6(16)4(26-10)1-25-30(21,22)28-31(23,24)27-29(18,19)20;/h2-4,6-7,10,16-17H,1H2,(H,21,22)(H,23,24)(H2,11,12,13)(H2,18,19,20);/t4-,6+,7?,10-;/m1./s1. The number of nitrogen functional groups attached to an aromatic ring is 1. The molecule has 1 saturated heterocycles. The zero-order valence-electron chi connectivity index (χ0n) is 15.6. The number of hydrogen-bond acceptors (Lipinski definition) is 13. The highest BCUT2D eigenvalue weighted by Gasteiger charge is 2.47. The van der Waals surface area contributed by atoms with Crippen molar-refractivity contribution < 1.29 is 61.4 Å². The molecule has 3 rings (SSSR count). The van der Waals surface area contributed by atoms with Crippen LogP contribution in [0.3, 0.4) is 0 Å². The van der Waals surface area contributed by atoms with Gasteiger partial charge in [0.15, 0.2) is 17.7 Å². The number of anilines is 1. The maximum Gasteiger partial charge on any atom is 0.490 e. The molecule has 1 fully saturated rings. The number of aromatic nitrogens is 4. The Balaban J connectivity index is 0.00000363. The molecule has 0 spiro atoms. The summed E-state index contributed by atoms with van der Waals surface area (Å²) in [7, 11) is -16.7. The van der Waals surface area contributed by atoms with Crippen molar-refractivity contribution in [3.63, 3.8) is 0 Å². The quantitative estimate of drug-likeness (QED) is 0.143. The number of ether oxygens (including phenoxy) is 1. The third-order valence-corrected chi connectivity index (χ3v) is 7.62. The average molecular weight is 531 g/mol. The van der Waals surface area contributed by atoms with Crippen LogP contribution in [-0.4, -0.2) is 97.3 Å². The van der Waals surface area contributed by atoms with Crippen LogP contribution in [-0.2, 0) is 31.6 Å². The van der Waals surface area contributed by atoms with Gasteiger partial charge < -0.3 is 40.3 Å². The molecule has 2 aromatic heterocycles. The molecule has 32 heavy (non-hydrogen) atoms. The van der Waals surface area contributed by atoms with Gasteiger partial charge in [-0.05, 0) is 0 Å². The van der Waals surface area contributed by atoms with Gasteiger partial charge in [0.1, 0.15) is 30.2 Å². The molecule has 1 aliphatic heterocycles. The van der Waals surface area contributed by atoms with Gasteiger partial charge in [0.05, 0.1) is 12.9 Å². The van der Waals surface area contributed by atoms with Crippen LogP contribution in [0.4, 0.5) is 5.82 Å². The van der Waals surface area contributed by atoms with Crippen LogP contribution in [0.15, 0.2) is 12.7 Å². The third kappa shape index (κ3) is 6.50. The Morgan fingerprint density at radius 1 is 1.03 bits per heavy atom. The minimum Gasteiger partial charge on any atom is -0.387 e. The van der Waals surface area contributed by atoms with Crippen molar-refractivity contribution in [1.82, 2.24) is 19.5 Å². The highest BCUT2D eigenvalue weighted by Crippen LogP contribution is 2.66. The lowest BCUT2D eigenvalue weighted by atomic mass is 10.1. The van der Waals surface area contributed by atoms with Crippen LogP contribution in [0.2, 0.25) is 0 Å². The predicted molar refractivity (Wildman–Crippen MR) is 101 cm³/mol. The van der Waals surface area contributed by atoms with Crippen molar-refractivity contribution in [2.24, 2.45) is 0 Å². The minimum absolute atomic E-state index is 0. The first kappa shape index (κ1) is 27.6. The molecule has 0 amide bonds. The molecular weight excluding hydrogens is 515 g/mol. The van der Waals surface area contributed by atoms with E-state index in [2.05, 4.69) is 28.1 Å². The summed E-state index contributed by atoms with van der Waals surface area (Å²) in [4.78, 5) is 47.2. The van der Waals surface area contributed by atoms with E-state index in [0.717, 1.165) is 6.33 Å². The summed E-state index contributed by atoms with van der Waals surface area (Å²) in [5.41, 5.74) is 6.00. The van der Waals surface area contributed by atoms with Gasteiger partial charge in [-0.15, -0.1) is 0 Å². The smallest absolute Gasteiger partial charge is 0.387 e. The summed E-state index contributed by atoms with van der Waals surface area (Å²) in [6.45, 7) is -0.956. The van der Waals surface area contributed by atoms with Crippen molar-refractivity contribution in [2.45, 2.75) is 24.5 Å². The van der Waals surface area contributed by atoms with E-state index in [1.54, 1.807) is 0 Å². The first-order valence-corrected chi connectivity index (χ1v) is 12.4. The number of aliphatic hydroxyl groups excluding tert-OH is 2. The van der Waals surface area contributed by atoms with E-state index < -0.39 is 54.6 Å². The van der Waals surface area contributed by atoms with E-state index in [4.69, 9.17) is 25.2 Å². The lowest BCUT2D eigenvalue weighted by molar-refractivity contribution is -0.0503. The summed E-state index contributed by atoms with van der Waals surface area (Å²) >= 11 is 0. The van der Waals surface area contributed by atoms with Gasteiger partial charge in [0, 0.05) is 23.1 Å². The topological polar surface area (TPSA) is 279 Å². The first-order valence-electron chi connectivity index (χ1n) is 7.92. The van der Waals surface area contributed by atoms with Crippen molar-refractivity contribution in [1.29, 1.82) is 0 Å². The van der Waals surface area contributed by atoms with Crippen LogP contribution in [0.25, 0.3) is 11.2 Å². The van der Waals surface area contributed by atoms with Crippen LogP contribution in [0.1, 0.15) is 6.23 Å². The SMILES string of the molecule is Nc1ncnc2c1ncn2[C@@H]1O[C@H](COP(=O)(O)OP(=O)(O)OP(=O)(O)O)[C@H](O)C1O.[Mg]. The molecule has 6 atom stereocenters. The molecule has 0 aromatic carbocycles. The molecular formula is C10H16MgN5O13P3. The fourth-order valence-electron chi connectivity index (χ4n) is 2.62. The number of phosphoric acid groups is 3. The van der Waals surface area contributed by atoms with Crippen molar-refractivity contribution in [3.05, 3.63) is 12.7 Å². The Morgan fingerprint density at radius 2 is 1.69 bits per heavy atom. The van der Waals surface area contributed by atoms with Crippen molar-refractivity contribution in [3.8, 4) is 0 Å². The molecule has 22 heteroatoms. The maximum atomic E-state index is 11.8. The molecule has 2 aromatic rings. The van der Waals surface area contributed by atoms with Crippen LogP contribution < -0.4 is 5.73 Å². The molecule has 8 N–H and O–H groups in total. The summed E-state index contributed by atoms with van der Waals surface area (Å²) in [6, 6.07) is 0. The van der Waals surface area contributed by atoms with E-state index in [0.29, 0.717) is 0 Å². The second-order valence-electron chi connectivity index (χ2n) is 6.02. The highest BCUT2D eigenvalue weighted by atomic mass is 31.3. The summed E-state index contributed by atoms with van der Waals surface area (Å²) in [5, 5.41) is 20.4. The third-order valence-electron chi connectivity index (χ3n) is 3.82. The monoisotopic (exact) mass is 531 g/mol. The fraction of sp³-hybridized carbons (Fsp3) is 0.500. The zero-order chi connectivity index (χ0) is 23.2.